The van der Waals surface area contributed by atoms with Crippen LogP contribution in [0.5, 0.6) is 0 Å². The Morgan fingerprint density at radius 1 is 0.923 bits per heavy atom. The van der Waals surface area contributed by atoms with Crippen LogP contribution in [0.1, 0.15) is 10.4 Å². The molecular formula is C17H16BrN7O. The first-order valence-electron chi connectivity index (χ1n) is 8.19. The van der Waals surface area contributed by atoms with Gasteiger partial charge in [0.2, 0.25) is 0 Å². The van der Waals surface area contributed by atoms with Crippen LogP contribution in [-0.4, -0.2) is 61.9 Å². The normalized spacial score (nSPS) is 14.5. The van der Waals surface area contributed by atoms with Crippen LogP contribution < -0.4 is 4.90 Å². The zero-order valence-corrected chi connectivity index (χ0v) is 15.4. The minimum Gasteiger partial charge on any atom is -0.352 e. The van der Waals surface area contributed by atoms with Crippen molar-refractivity contribution in [3.05, 3.63) is 59.1 Å². The first kappa shape index (κ1) is 16.6. The van der Waals surface area contributed by atoms with E-state index in [2.05, 4.69) is 41.1 Å². The average Bonchev–Trinajstić information content (AvgIpc) is 3.23. The van der Waals surface area contributed by atoms with Crippen molar-refractivity contribution in [2.45, 2.75) is 0 Å². The summed E-state index contributed by atoms with van der Waals surface area (Å²) in [7, 11) is 0. The van der Waals surface area contributed by atoms with E-state index in [0.29, 0.717) is 24.5 Å². The molecule has 0 N–H and O–H groups in total. The Balaban J connectivity index is 1.39. The molecule has 1 aromatic carbocycles. The molecule has 0 aliphatic carbocycles. The lowest BCUT2D eigenvalue weighted by Crippen LogP contribution is -2.49. The molecule has 1 amide bonds. The second-order valence-corrected chi connectivity index (χ2v) is 6.79. The highest BCUT2D eigenvalue weighted by molar-refractivity contribution is 9.10. The second-order valence-electron chi connectivity index (χ2n) is 5.88. The van der Waals surface area contributed by atoms with E-state index in [-0.39, 0.29) is 5.91 Å². The fraction of sp³-hybridized carbons (Fsp3) is 0.235. The third-order valence-corrected chi connectivity index (χ3v) is 4.80. The molecule has 4 rings (SSSR count). The Kier molecular flexibility index (Phi) is 4.61. The number of amides is 1. The van der Waals surface area contributed by atoms with Gasteiger partial charge in [-0.05, 0) is 36.4 Å². The summed E-state index contributed by atoms with van der Waals surface area (Å²) in [5.41, 5.74) is 0.707. The van der Waals surface area contributed by atoms with Gasteiger partial charge in [0.15, 0.2) is 11.6 Å². The second kappa shape index (κ2) is 7.20. The van der Waals surface area contributed by atoms with Crippen molar-refractivity contribution in [3.63, 3.8) is 0 Å². The predicted molar refractivity (Wildman–Crippen MR) is 99.2 cm³/mol. The van der Waals surface area contributed by atoms with Gasteiger partial charge in [0.25, 0.3) is 5.91 Å². The maximum Gasteiger partial charge on any atom is 0.253 e. The lowest BCUT2D eigenvalue weighted by atomic mass is 10.2. The SMILES string of the molecule is O=C(c1ccc(Br)cc1)N1CCN(c2ccc(-n3cncn3)nn2)CC1. The molecule has 2 aromatic heterocycles. The quantitative estimate of drug-likeness (QED) is 0.650. The van der Waals surface area contributed by atoms with E-state index in [1.165, 1.54) is 6.33 Å². The van der Waals surface area contributed by atoms with E-state index in [9.17, 15) is 4.79 Å². The number of rotatable bonds is 3. The Morgan fingerprint density at radius 3 is 2.23 bits per heavy atom. The summed E-state index contributed by atoms with van der Waals surface area (Å²) in [6.45, 7) is 2.75. The van der Waals surface area contributed by atoms with E-state index >= 15 is 0 Å². The number of hydrogen-bond donors (Lipinski definition) is 0. The lowest BCUT2D eigenvalue weighted by Gasteiger charge is -2.35. The topological polar surface area (TPSA) is 80.0 Å². The van der Waals surface area contributed by atoms with Gasteiger partial charge in [-0.25, -0.2) is 9.67 Å². The largest absolute Gasteiger partial charge is 0.352 e. The van der Waals surface area contributed by atoms with Gasteiger partial charge in [-0.15, -0.1) is 10.2 Å². The fourth-order valence-corrected chi connectivity index (χ4v) is 3.11. The Labute approximate surface area is 158 Å². The molecule has 9 heteroatoms. The monoisotopic (exact) mass is 413 g/mol. The zero-order chi connectivity index (χ0) is 17.9. The maximum atomic E-state index is 12.6. The zero-order valence-electron chi connectivity index (χ0n) is 13.9. The predicted octanol–water partition coefficient (Wildman–Crippen LogP) is 1.78. The van der Waals surface area contributed by atoms with Crippen molar-refractivity contribution in [2.24, 2.45) is 0 Å². The number of nitrogens with zero attached hydrogens (tertiary/aromatic N) is 7. The average molecular weight is 414 g/mol. The summed E-state index contributed by atoms with van der Waals surface area (Å²) in [6, 6.07) is 11.2. The van der Waals surface area contributed by atoms with E-state index in [4.69, 9.17) is 0 Å². The van der Waals surface area contributed by atoms with Crippen LogP contribution in [0, 0.1) is 0 Å². The summed E-state index contributed by atoms with van der Waals surface area (Å²) < 4.78 is 2.53. The highest BCUT2D eigenvalue weighted by Gasteiger charge is 2.23. The molecule has 0 unspecified atom stereocenters. The molecule has 3 heterocycles. The molecule has 8 nitrogen and oxygen atoms in total. The Bertz CT molecular complexity index is 872. The number of halogens is 1. The van der Waals surface area contributed by atoms with E-state index < -0.39 is 0 Å². The molecule has 26 heavy (non-hydrogen) atoms. The highest BCUT2D eigenvalue weighted by atomic mass is 79.9. The van der Waals surface area contributed by atoms with Gasteiger partial charge < -0.3 is 9.80 Å². The summed E-state index contributed by atoms with van der Waals surface area (Å²) >= 11 is 3.39. The van der Waals surface area contributed by atoms with E-state index in [1.54, 1.807) is 11.0 Å². The molecule has 1 saturated heterocycles. The number of anilines is 1. The molecule has 1 fully saturated rings. The third kappa shape index (κ3) is 3.43. The van der Waals surface area contributed by atoms with Crippen molar-refractivity contribution in [1.82, 2.24) is 29.9 Å². The third-order valence-electron chi connectivity index (χ3n) is 4.27. The van der Waals surface area contributed by atoms with E-state index in [0.717, 1.165) is 23.4 Å². The van der Waals surface area contributed by atoms with Crippen LogP contribution in [0.25, 0.3) is 5.82 Å². The maximum absolute atomic E-state index is 12.6. The molecule has 1 aliphatic heterocycles. The van der Waals surface area contributed by atoms with Crippen molar-refractivity contribution in [1.29, 1.82) is 0 Å². The van der Waals surface area contributed by atoms with Crippen LogP contribution in [-0.2, 0) is 0 Å². The summed E-state index contributed by atoms with van der Waals surface area (Å²) in [6.07, 6.45) is 3.04. The molecule has 132 valence electrons. The van der Waals surface area contributed by atoms with Crippen molar-refractivity contribution in [2.75, 3.05) is 31.1 Å². The van der Waals surface area contributed by atoms with Gasteiger partial charge in [-0.1, -0.05) is 15.9 Å². The van der Waals surface area contributed by atoms with Crippen molar-refractivity contribution >= 4 is 27.7 Å². The number of carbonyl (C=O) groups excluding carboxylic acids is 1. The molecule has 1 aliphatic rings. The molecule has 0 radical (unpaired) electrons. The van der Waals surface area contributed by atoms with Gasteiger partial charge in [0.1, 0.15) is 12.7 Å². The first-order valence-corrected chi connectivity index (χ1v) is 8.98. The van der Waals surface area contributed by atoms with Crippen molar-refractivity contribution < 1.29 is 4.79 Å². The van der Waals surface area contributed by atoms with Crippen molar-refractivity contribution in [3.8, 4) is 5.82 Å². The van der Waals surface area contributed by atoms with Crippen LogP contribution in [0.15, 0.2) is 53.5 Å². The van der Waals surface area contributed by atoms with Gasteiger partial charge in [-0.2, -0.15) is 5.10 Å². The molecule has 0 saturated carbocycles. The molecule has 0 spiro atoms. The summed E-state index contributed by atoms with van der Waals surface area (Å²) in [5, 5.41) is 12.5. The molecule has 0 atom stereocenters. The number of aromatic nitrogens is 5. The fourth-order valence-electron chi connectivity index (χ4n) is 2.85. The van der Waals surface area contributed by atoms with Crippen LogP contribution >= 0.6 is 15.9 Å². The summed E-state index contributed by atoms with van der Waals surface area (Å²) in [5.74, 6) is 1.48. The Morgan fingerprint density at radius 2 is 1.62 bits per heavy atom. The molecular weight excluding hydrogens is 398 g/mol. The smallest absolute Gasteiger partial charge is 0.253 e. The van der Waals surface area contributed by atoms with Gasteiger partial charge in [0.05, 0.1) is 0 Å². The number of piperazine rings is 1. The van der Waals surface area contributed by atoms with Crippen LogP contribution in [0.3, 0.4) is 0 Å². The minimum absolute atomic E-state index is 0.0600. The number of carbonyl (C=O) groups is 1. The van der Waals surface area contributed by atoms with E-state index in [1.807, 2.05) is 41.3 Å². The number of benzene rings is 1. The van der Waals surface area contributed by atoms with Crippen LogP contribution in [0.2, 0.25) is 0 Å². The first-order chi connectivity index (χ1) is 12.7. The van der Waals surface area contributed by atoms with Gasteiger partial charge >= 0.3 is 0 Å². The molecule has 0 bridgehead atoms. The number of hydrogen-bond acceptors (Lipinski definition) is 6. The summed E-state index contributed by atoms with van der Waals surface area (Å²) in [4.78, 5) is 20.5. The Hall–Kier alpha value is -2.81. The highest BCUT2D eigenvalue weighted by Crippen LogP contribution is 2.17. The molecule has 3 aromatic rings. The standard InChI is InChI=1S/C17H16BrN7O/c18-14-3-1-13(2-4-14)17(26)24-9-7-23(8-10-24)15-5-6-16(22-21-15)25-12-19-11-20-25/h1-6,11-12H,7-10H2. The van der Waals surface area contributed by atoms with Gasteiger partial charge in [0, 0.05) is 36.2 Å². The van der Waals surface area contributed by atoms with Crippen LogP contribution in [0.4, 0.5) is 5.82 Å². The minimum atomic E-state index is 0.0600. The van der Waals surface area contributed by atoms with Gasteiger partial charge in [-0.3, -0.25) is 4.79 Å². The lowest BCUT2D eigenvalue weighted by molar-refractivity contribution is 0.0746.